The van der Waals surface area contributed by atoms with Crippen LogP contribution < -0.4 is 5.32 Å². The number of carboxylic acid groups (broad SMARTS) is 1. The molecule has 0 radical (unpaired) electrons. The molecule has 0 aromatic heterocycles. The monoisotopic (exact) mass is 299 g/mol. The summed E-state index contributed by atoms with van der Waals surface area (Å²) in [6, 6.07) is -0.126. The van der Waals surface area contributed by atoms with Crippen molar-refractivity contribution in [2.24, 2.45) is 5.41 Å². The van der Waals surface area contributed by atoms with Crippen molar-refractivity contribution in [2.75, 3.05) is 40.3 Å². The number of hydrogen-bond acceptors (Lipinski definition) is 3. The summed E-state index contributed by atoms with van der Waals surface area (Å²) in [6.07, 6.45) is 4.00. The van der Waals surface area contributed by atoms with Crippen LogP contribution in [0.15, 0.2) is 0 Å². The molecule has 1 rings (SSSR count). The smallest absolute Gasteiger partial charge is 0.317 e. The summed E-state index contributed by atoms with van der Waals surface area (Å²) in [4.78, 5) is 27.3. The fourth-order valence-corrected chi connectivity index (χ4v) is 2.87. The first-order chi connectivity index (χ1) is 9.91. The van der Waals surface area contributed by atoms with Gasteiger partial charge < -0.3 is 20.2 Å². The standard InChI is InChI=1S/C15H29N3O3/c1-4-7-15(13(19)20)8-11-18(12-15)14(21)16-9-5-6-10-17(2)3/h4-12H2,1-3H3,(H,16,21)(H,19,20). The van der Waals surface area contributed by atoms with Crippen molar-refractivity contribution in [3.8, 4) is 0 Å². The fourth-order valence-electron chi connectivity index (χ4n) is 2.87. The number of carboxylic acids is 1. The molecule has 1 saturated heterocycles. The van der Waals surface area contributed by atoms with Crippen LogP contribution >= 0.6 is 0 Å². The average Bonchev–Trinajstić information content (AvgIpc) is 2.84. The Balaban J connectivity index is 2.34. The average molecular weight is 299 g/mol. The number of nitrogens with zero attached hydrogens (tertiary/aromatic N) is 2. The van der Waals surface area contributed by atoms with Crippen LogP contribution in [-0.4, -0.2) is 67.2 Å². The molecule has 1 aliphatic rings. The summed E-state index contributed by atoms with van der Waals surface area (Å²) in [7, 11) is 4.06. The third kappa shape index (κ3) is 5.19. The van der Waals surface area contributed by atoms with Gasteiger partial charge in [-0.05, 0) is 46.3 Å². The van der Waals surface area contributed by atoms with Crippen LogP contribution in [-0.2, 0) is 4.79 Å². The van der Waals surface area contributed by atoms with Crippen molar-refractivity contribution >= 4 is 12.0 Å². The van der Waals surface area contributed by atoms with Gasteiger partial charge in [0.2, 0.25) is 0 Å². The maximum atomic E-state index is 12.1. The zero-order valence-electron chi connectivity index (χ0n) is 13.5. The summed E-state index contributed by atoms with van der Waals surface area (Å²) in [5, 5.41) is 12.3. The van der Waals surface area contributed by atoms with Crippen molar-refractivity contribution in [2.45, 2.75) is 39.0 Å². The Kier molecular flexibility index (Phi) is 6.95. The molecule has 6 heteroatoms. The molecule has 1 heterocycles. The molecule has 1 aliphatic heterocycles. The van der Waals surface area contributed by atoms with Crippen molar-refractivity contribution in [3.63, 3.8) is 0 Å². The van der Waals surface area contributed by atoms with E-state index in [1.165, 1.54) is 0 Å². The molecule has 0 saturated carbocycles. The minimum atomic E-state index is -0.773. The van der Waals surface area contributed by atoms with Crippen molar-refractivity contribution < 1.29 is 14.7 Å². The van der Waals surface area contributed by atoms with Gasteiger partial charge in [0.1, 0.15) is 0 Å². The number of aliphatic carboxylic acids is 1. The highest BCUT2D eigenvalue weighted by atomic mass is 16.4. The molecule has 2 amide bonds. The summed E-state index contributed by atoms with van der Waals surface area (Å²) in [5.41, 5.74) is -0.739. The normalized spacial score (nSPS) is 21.8. The van der Waals surface area contributed by atoms with Crippen LogP contribution in [0, 0.1) is 5.41 Å². The molecule has 1 fully saturated rings. The Morgan fingerprint density at radius 2 is 2.05 bits per heavy atom. The molecule has 2 N–H and O–H groups in total. The maximum Gasteiger partial charge on any atom is 0.317 e. The number of rotatable bonds is 8. The Morgan fingerprint density at radius 1 is 1.33 bits per heavy atom. The summed E-state index contributed by atoms with van der Waals surface area (Å²) >= 11 is 0. The first kappa shape index (κ1) is 17.8. The van der Waals surface area contributed by atoms with E-state index in [2.05, 4.69) is 10.2 Å². The van der Waals surface area contributed by atoms with Crippen molar-refractivity contribution in [3.05, 3.63) is 0 Å². The second-order valence-corrected chi connectivity index (χ2v) is 6.25. The van der Waals surface area contributed by atoms with Crippen LogP contribution in [0.3, 0.4) is 0 Å². The number of carbonyl (C=O) groups is 2. The van der Waals surface area contributed by atoms with E-state index in [-0.39, 0.29) is 6.03 Å². The zero-order valence-corrected chi connectivity index (χ0v) is 13.5. The highest BCUT2D eigenvalue weighted by molar-refractivity contribution is 5.79. The Bertz CT molecular complexity index is 360. The number of carbonyl (C=O) groups excluding carboxylic acids is 1. The lowest BCUT2D eigenvalue weighted by atomic mass is 9.83. The predicted octanol–water partition coefficient (Wildman–Crippen LogP) is 1.61. The van der Waals surface area contributed by atoms with Crippen molar-refractivity contribution in [1.29, 1.82) is 0 Å². The lowest BCUT2D eigenvalue weighted by Crippen LogP contribution is -2.42. The predicted molar refractivity (Wildman–Crippen MR) is 82.4 cm³/mol. The van der Waals surface area contributed by atoms with Gasteiger partial charge in [-0.3, -0.25) is 4.79 Å². The molecule has 6 nitrogen and oxygen atoms in total. The topological polar surface area (TPSA) is 72.9 Å². The third-order valence-electron chi connectivity index (χ3n) is 4.13. The first-order valence-electron chi connectivity index (χ1n) is 7.82. The largest absolute Gasteiger partial charge is 0.481 e. The number of urea groups is 1. The second-order valence-electron chi connectivity index (χ2n) is 6.25. The van der Waals surface area contributed by atoms with Gasteiger partial charge >= 0.3 is 12.0 Å². The molecule has 0 bridgehead atoms. The summed E-state index contributed by atoms with van der Waals surface area (Å²) in [6.45, 7) is 4.52. The van der Waals surface area contributed by atoms with Crippen LogP contribution in [0.25, 0.3) is 0 Å². The van der Waals surface area contributed by atoms with Crippen LogP contribution in [0.2, 0.25) is 0 Å². The minimum absolute atomic E-state index is 0.126. The highest BCUT2D eigenvalue weighted by Gasteiger charge is 2.45. The maximum absolute atomic E-state index is 12.1. The molecular formula is C15H29N3O3. The molecule has 1 atom stereocenters. The van der Waals surface area contributed by atoms with Gasteiger partial charge in [0.15, 0.2) is 0 Å². The lowest BCUT2D eigenvalue weighted by Gasteiger charge is -2.24. The number of likely N-dealkylation sites (tertiary alicyclic amines) is 1. The van der Waals surface area contributed by atoms with E-state index < -0.39 is 11.4 Å². The van der Waals surface area contributed by atoms with Gasteiger partial charge in [-0.15, -0.1) is 0 Å². The van der Waals surface area contributed by atoms with Gasteiger partial charge in [-0.25, -0.2) is 4.79 Å². The molecular weight excluding hydrogens is 270 g/mol. The van der Waals surface area contributed by atoms with E-state index in [0.717, 1.165) is 25.8 Å². The van der Waals surface area contributed by atoms with Crippen LogP contribution in [0.1, 0.15) is 39.0 Å². The Labute approximate surface area is 127 Å². The van der Waals surface area contributed by atoms with Gasteiger partial charge in [0.05, 0.1) is 5.41 Å². The van der Waals surface area contributed by atoms with Gasteiger partial charge in [0, 0.05) is 19.6 Å². The van der Waals surface area contributed by atoms with Gasteiger partial charge in [-0.2, -0.15) is 0 Å². The minimum Gasteiger partial charge on any atom is -0.481 e. The second kappa shape index (κ2) is 8.22. The number of unbranched alkanes of at least 4 members (excludes halogenated alkanes) is 1. The molecule has 0 aromatic rings. The fraction of sp³-hybridized carbons (Fsp3) is 0.867. The number of amides is 2. The van der Waals surface area contributed by atoms with E-state index in [9.17, 15) is 14.7 Å². The quantitative estimate of drug-likeness (QED) is 0.668. The van der Waals surface area contributed by atoms with Gasteiger partial charge in [0.25, 0.3) is 0 Å². The molecule has 0 spiro atoms. The van der Waals surface area contributed by atoms with E-state index >= 15 is 0 Å². The molecule has 0 aliphatic carbocycles. The zero-order chi connectivity index (χ0) is 15.9. The van der Waals surface area contributed by atoms with E-state index in [1.54, 1.807) is 4.90 Å². The first-order valence-corrected chi connectivity index (χ1v) is 7.82. The molecule has 122 valence electrons. The third-order valence-corrected chi connectivity index (χ3v) is 4.13. The number of nitrogens with one attached hydrogen (secondary N) is 1. The summed E-state index contributed by atoms with van der Waals surface area (Å²) in [5.74, 6) is -0.773. The molecule has 21 heavy (non-hydrogen) atoms. The van der Waals surface area contributed by atoms with Crippen molar-refractivity contribution in [1.82, 2.24) is 15.1 Å². The molecule has 1 unspecified atom stereocenters. The van der Waals surface area contributed by atoms with E-state index in [4.69, 9.17) is 0 Å². The van der Waals surface area contributed by atoms with Gasteiger partial charge in [-0.1, -0.05) is 13.3 Å². The number of hydrogen-bond donors (Lipinski definition) is 2. The Morgan fingerprint density at radius 3 is 2.62 bits per heavy atom. The molecule has 0 aromatic carbocycles. The Hall–Kier alpha value is -1.30. The van der Waals surface area contributed by atoms with E-state index in [1.807, 2.05) is 21.0 Å². The van der Waals surface area contributed by atoms with E-state index in [0.29, 0.717) is 32.5 Å². The lowest BCUT2D eigenvalue weighted by molar-refractivity contribution is -0.148. The van der Waals surface area contributed by atoms with Crippen LogP contribution in [0.5, 0.6) is 0 Å². The SMILES string of the molecule is CCCC1(C(=O)O)CCN(C(=O)NCCCCN(C)C)C1. The highest BCUT2D eigenvalue weighted by Crippen LogP contribution is 2.35. The summed E-state index contributed by atoms with van der Waals surface area (Å²) < 4.78 is 0. The van der Waals surface area contributed by atoms with Crippen LogP contribution in [0.4, 0.5) is 4.79 Å².